The van der Waals surface area contributed by atoms with Gasteiger partial charge in [-0.3, -0.25) is 4.79 Å². The summed E-state index contributed by atoms with van der Waals surface area (Å²) >= 11 is 3.48. The van der Waals surface area contributed by atoms with Crippen molar-refractivity contribution >= 4 is 21.8 Å². The zero-order valence-corrected chi connectivity index (χ0v) is 12.4. The molecule has 1 aliphatic rings. The van der Waals surface area contributed by atoms with Gasteiger partial charge in [0, 0.05) is 23.5 Å². The van der Waals surface area contributed by atoms with Crippen LogP contribution in [0.1, 0.15) is 44.6 Å². The van der Waals surface area contributed by atoms with E-state index in [1.165, 1.54) is 18.4 Å². The minimum Gasteiger partial charge on any atom is -0.335 e. The number of carbonyl (C=O) groups is 1. The normalized spacial score (nSPS) is 14.6. The standard InChI is InChI=1S/C15H20BrNO/c1-2-3-7-15(18)17(14-8-9-14)11-12-5-4-6-13(16)10-12/h4-6,10,14H,2-3,7-9,11H2,1H3. The molecule has 0 N–H and O–H groups in total. The Morgan fingerprint density at radius 2 is 2.22 bits per heavy atom. The largest absolute Gasteiger partial charge is 0.335 e. The van der Waals surface area contributed by atoms with Crippen LogP contribution in [0.3, 0.4) is 0 Å². The van der Waals surface area contributed by atoms with E-state index in [0.717, 1.165) is 23.9 Å². The van der Waals surface area contributed by atoms with Gasteiger partial charge in [0.15, 0.2) is 0 Å². The Morgan fingerprint density at radius 1 is 1.44 bits per heavy atom. The fraction of sp³-hybridized carbons (Fsp3) is 0.533. The average molecular weight is 310 g/mol. The number of hydrogen-bond donors (Lipinski definition) is 0. The molecule has 1 fully saturated rings. The highest BCUT2D eigenvalue weighted by Crippen LogP contribution is 2.29. The van der Waals surface area contributed by atoms with Gasteiger partial charge in [0.1, 0.15) is 0 Å². The third-order valence-corrected chi connectivity index (χ3v) is 3.79. The van der Waals surface area contributed by atoms with Gasteiger partial charge in [0.25, 0.3) is 0 Å². The third kappa shape index (κ3) is 3.84. The summed E-state index contributed by atoms with van der Waals surface area (Å²) in [6, 6.07) is 8.73. The summed E-state index contributed by atoms with van der Waals surface area (Å²) in [5.41, 5.74) is 1.21. The van der Waals surface area contributed by atoms with Crippen LogP contribution in [0.15, 0.2) is 28.7 Å². The molecule has 0 bridgehead atoms. The number of halogens is 1. The number of nitrogens with zero attached hydrogens (tertiary/aromatic N) is 1. The summed E-state index contributed by atoms with van der Waals surface area (Å²) in [5, 5.41) is 0. The second kappa shape index (κ2) is 6.37. The van der Waals surface area contributed by atoms with Crippen LogP contribution in [0.4, 0.5) is 0 Å². The van der Waals surface area contributed by atoms with Gasteiger partial charge in [0.05, 0.1) is 0 Å². The van der Waals surface area contributed by atoms with Crippen molar-refractivity contribution in [2.75, 3.05) is 0 Å². The first-order valence-corrected chi connectivity index (χ1v) is 7.54. The van der Waals surface area contributed by atoms with Crippen LogP contribution in [0.2, 0.25) is 0 Å². The summed E-state index contributed by atoms with van der Waals surface area (Å²) in [5.74, 6) is 0.319. The number of rotatable bonds is 6. The minimum absolute atomic E-state index is 0.319. The molecule has 1 saturated carbocycles. The number of amides is 1. The van der Waals surface area contributed by atoms with E-state index in [1.54, 1.807) is 0 Å². The molecule has 0 aliphatic heterocycles. The Balaban J connectivity index is 2.00. The number of hydrogen-bond acceptors (Lipinski definition) is 1. The van der Waals surface area contributed by atoms with Crippen LogP contribution in [0.5, 0.6) is 0 Å². The lowest BCUT2D eigenvalue weighted by Crippen LogP contribution is -2.32. The first kappa shape index (κ1) is 13.6. The molecule has 0 saturated heterocycles. The first-order chi connectivity index (χ1) is 8.70. The SMILES string of the molecule is CCCCC(=O)N(Cc1cccc(Br)c1)C1CC1. The molecule has 0 unspecified atom stereocenters. The van der Waals surface area contributed by atoms with E-state index < -0.39 is 0 Å². The van der Waals surface area contributed by atoms with E-state index in [4.69, 9.17) is 0 Å². The lowest BCUT2D eigenvalue weighted by molar-refractivity contribution is -0.132. The monoisotopic (exact) mass is 309 g/mol. The van der Waals surface area contributed by atoms with E-state index in [0.29, 0.717) is 18.4 Å². The van der Waals surface area contributed by atoms with Gasteiger partial charge in [-0.1, -0.05) is 41.4 Å². The summed E-state index contributed by atoms with van der Waals surface area (Å²) in [6.45, 7) is 2.88. The van der Waals surface area contributed by atoms with Crippen LogP contribution in [0, 0.1) is 0 Å². The molecule has 1 aromatic rings. The maximum atomic E-state index is 12.2. The molecule has 0 aromatic heterocycles. The van der Waals surface area contributed by atoms with Crippen molar-refractivity contribution in [2.45, 2.75) is 51.6 Å². The van der Waals surface area contributed by atoms with E-state index in [2.05, 4.69) is 39.9 Å². The fourth-order valence-corrected chi connectivity index (χ4v) is 2.56. The number of carbonyl (C=O) groups excluding carboxylic acids is 1. The Hall–Kier alpha value is -0.830. The highest BCUT2D eigenvalue weighted by Gasteiger charge is 2.31. The molecule has 0 atom stereocenters. The highest BCUT2D eigenvalue weighted by atomic mass is 79.9. The molecule has 0 spiro atoms. The van der Waals surface area contributed by atoms with E-state index in [1.807, 2.05) is 12.1 Å². The predicted molar refractivity (Wildman–Crippen MR) is 77.2 cm³/mol. The Labute approximate surface area is 117 Å². The lowest BCUT2D eigenvalue weighted by atomic mass is 10.2. The van der Waals surface area contributed by atoms with Crippen molar-refractivity contribution in [3.8, 4) is 0 Å². The molecule has 2 rings (SSSR count). The van der Waals surface area contributed by atoms with Crippen LogP contribution >= 0.6 is 15.9 Å². The van der Waals surface area contributed by atoms with Crippen molar-refractivity contribution in [3.05, 3.63) is 34.3 Å². The second-order valence-corrected chi connectivity index (χ2v) is 5.90. The van der Waals surface area contributed by atoms with Crippen molar-refractivity contribution in [3.63, 3.8) is 0 Å². The van der Waals surface area contributed by atoms with Crippen LogP contribution in [0.25, 0.3) is 0 Å². The molecule has 98 valence electrons. The number of unbranched alkanes of at least 4 members (excludes halogenated alkanes) is 1. The predicted octanol–water partition coefficient (Wildman–Crippen LogP) is 4.13. The lowest BCUT2D eigenvalue weighted by Gasteiger charge is -2.22. The average Bonchev–Trinajstić information content (AvgIpc) is 3.17. The van der Waals surface area contributed by atoms with E-state index >= 15 is 0 Å². The quantitative estimate of drug-likeness (QED) is 0.773. The molecule has 0 radical (unpaired) electrons. The van der Waals surface area contributed by atoms with Gasteiger partial charge in [-0.2, -0.15) is 0 Å². The summed E-state index contributed by atoms with van der Waals surface area (Å²) < 4.78 is 1.08. The van der Waals surface area contributed by atoms with Crippen molar-refractivity contribution in [2.24, 2.45) is 0 Å². The third-order valence-electron chi connectivity index (χ3n) is 3.29. The summed E-state index contributed by atoms with van der Waals surface area (Å²) in [4.78, 5) is 14.3. The van der Waals surface area contributed by atoms with Gasteiger partial charge in [-0.15, -0.1) is 0 Å². The molecule has 1 aromatic carbocycles. The van der Waals surface area contributed by atoms with Gasteiger partial charge in [0.2, 0.25) is 5.91 Å². The Bertz CT molecular complexity index is 415. The zero-order valence-electron chi connectivity index (χ0n) is 10.9. The van der Waals surface area contributed by atoms with E-state index in [-0.39, 0.29) is 0 Å². The molecule has 0 heterocycles. The Morgan fingerprint density at radius 3 is 2.83 bits per heavy atom. The highest BCUT2D eigenvalue weighted by molar-refractivity contribution is 9.10. The summed E-state index contributed by atoms with van der Waals surface area (Å²) in [7, 11) is 0. The minimum atomic E-state index is 0.319. The van der Waals surface area contributed by atoms with Gasteiger partial charge < -0.3 is 4.90 Å². The van der Waals surface area contributed by atoms with Crippen LogP contribution < -0.4 is 0 Å². The molecule has 18 heavy (non-hydrogen) atoms. The fourth-order valence-electron chi connectivity index (χ4n) is 2.11. The Kier molecular flexibility index (Phi) is 4.81. The first-order valence-electron chi connectivity index (χ1n) is 6.74. The van der Waals surface area contributed by atoms with Gasteiger partial charge in [-0.25, -0.2) is 0 Å². The smallest absolute Gasteiger partial charge is 0.223 e. The van der Waals surface area contributed by atoms with Crippen molar-refractivity contribution < 1.29 is 4.79 Å². The topological polar surface area (TPSA) is 20.3 Å². The van der Waals surface area contributed by atoms with Crippen LogP contribution in [-0.4, -0.2) is 16.8 Å². The molecule has 2 nitrogen and oxygen atoms in total. The molecule has 1 amide bonds. The molecular weight excluding hydrogens is 290 g/mol. The molecular formula is C15H20BrNO. The number of benzene rings is 1. The maximum absolute atomic E-state index is 12.2. The van der Waals surface area contributed by atoms with Crippen molar-refractivity contribution in [1.29, 1.82) is 0 Å². The van der Waals surface area contributed by atoms with Crippen molar-refractivity contribution in [1.82, 2.24) is 4.90 Å². The van der Waals surface area contributed by atoms with E-state index in [9.17, 15) is 4.79 Å². The van der Waals surface area contributed by atoms with Crippen LogP contribution in [-0.2, 0) is 11.3 Å². The molecule has 3 heteroatoms. The molecule has 1 aliphatic carbocycles. The zero-order chi connectivity index (χ0) is 13.0. The second-order valence-electron chi connectivity index (χ2n) is 4.99. The van der Waals surface area contributed by atoms with Gasteiger partial charge in [-0.05, 0) is 37.0 Å². The van der Waals surface area contributed by atoms with Gasteiger partial charge >= 0.3 is 0 Å². The summed E-state index contributed by atoms with van der Waals surface area (Å²) in [6.07, 6.45) is 5.13. The maximum Gasteiger partial charge on any atom is 0.223 e.